The Morgan fingerprint density at radius 1 is 0.947 bits per heavy atom. The van der Waals surface area contributed by atoms with E-state index in [2.05, 4.69) is 60.0 Å². The predicted octanol–water partition coefficient (Wildman–Crippen LogP) is 3.47. The summed E-state index contributed by atoms with van der Waals surface area (Å²) in [6.45, 7) is 2.31. The van der Waals surface area contributed by atoms with Gasteiger partial charge < -0.3 is 9.67 Å². The van der Waals surface area contributed by atoms with Crippen LogP contribution in [0.2, 0.25) is 0 Å². The second-order valence-corrected chi connectivity index (χ2v) is 4.73. The average molecular weight is 251 g/mol. The van der Waals surface area contributed by atoms with Crippen molar-refractivity contribution in [2.45, 2.75) is 13.3 Å². The molecule has 96 valence electrons. The van der Waals surface area contributed by atoms with E-state index >= 15 is 0 Å². The SMILES string of the molecule is Cc1c(CCO)c2ccccc2n1-c1ccccc1. The lowest BCUT2D eigenvalue weighted by atomic mass is 10.1. The van der Waals surface area contributed by atoms with E-state index in [1.54, 1.807) is 0 Å². The van der Waals surface area contributed by atoms with Crippen LogP contribution in [0.3, 0.4) is 0 Å². The average Bonchev–Trinajstić information content (AvgIpc) is 2.73. The van der Waals surface area contributed by atoms with Gasteiger partial charge in [-0.15, -0.1) is 0 Å². The number of benzene rings is 2. The van der Waals surface area contributed by atoms with Crippen molar-refractivity contribution in [3.8, 4) is 5.69 Å². The van der Waals surface area contributed by atoms with Crippen LogP contribution < -0.4 is 0 Å². The van der Waals surface area contributed by atoms with Gasteiger partial charge in [0.2, 0.25) is 0 Å². The number of aromatic nitrogens is 1. The number of hydrogen-bond acceptors (Lipinski definition) is 1. The zero-order valence-corrected chi connectivity index (χ0v) is 11.0. The van der Waals surface area contributed by atoms with E-state index in [1.807, 2.05) is 6.07 Å². The van der Waals surface area contributed by atoms with Crippen molar-refractivity contribution in [1.82, 2.24) is 4.57 Å². The Bertz CT molecular complexity index is 698. The fourth-order valence-corrected chi connectivity index (χ4v) is 2.77. The Labute approximate surface area is 112 Å². The highest BCUT2D eigenvalue weighted by Gasteiger charge is 2.13. The van der Waals surface area contributed by atoms with Gasteiger partial charge in [0.1, 0.15) is 0 Å². The Kier molecular flexibility index (Phi) is 3.10. The van der Waals surface area contributed by atoms with Gasteiger partial charge in [0, 0.05) is 23.4 Å². The summed E-state index contributed by atoms with van der Waals surface area (Å²) in [5.41, 5.74) is 4.82. The molecule has 0 spiro atoms. The van der Waals surface area contributed by atoms with Crippen LogP contribution in [0.4, 0.5) is 0 Å². The van der Waals surface area contributed by atoms with Crippen LogP contribution in [0.15, 0.2) is 54.6 Å². The van der Waals surface area contributed by atoms with Crippen molar-refractivity contribution in [3.05, 3.63) is 65.9 Å². The monoisotopic (exact) mass is 251 g/mol. The lowest BCUT2D eigenvalue weighted by Gasteiger charge is -2.08. The molecule has 0 aliphatic rings. The molecule has 0 radical (unpaired) electrons. The third kappa shape index (κ3) is 1.94. The minimum atomic E-state index is 0.184. The maximum atomic E-state index is 9.27. The van der Waals surface area contributed by atoms with Gasteiger partial charge in [0.25, 0.3) is 0 Å². The minimum Gasteiger partial charge on any atom is -0.396 e. The number of para-hydroxylation sites is 2. The molecule has 3 aromatic rings. The van der Waals surface area contributed by atoms with Gasteiger partial charge in [0.15, 0.2) is 0 Å². The Balaban J connectivity index is 2.33. The van der Waals surface area contributed by atoms with E-state index < -0.39 is 0 Å². The number of hydrogen-bond donors (Lipinski definition) is 1. The van der Waals surface area contributed by atoms with Gasteiger partial charge in [-0.05, 0) is 37.1 Å². The molecule has 1 heterocycles. The molecular formula is C17H17NO. The Morgan fingerprint density at radius 3 is 2.37 bits per heavy atom. The molecule has 1 aromatic heterocycles. The van der Waals surface area contributed by atoms with Crippen molar-refractivity contribution in [2.24, 2.45) is 0 Å². The number of fused-ring (bicyclic) bond motifs is 1. The molecule has 0 saturated heterocycles. The van der Waals surface area contributed by atoms with E-state index in [0.29, 0.717) is 6.42 Å². The molecular weight excluding hydrogens is 234 g/mol. The molecule has 0 atom stereocenters. The molecule has 0 bridgehead atoms. The molecule has 0 saturated carbocycles. The highest BCUT2D eigenvalue weighted by Crippen LogP contribution is 2.29. The zero-order valence-electron chi connectivity index (χ0n) is 11.0. The minimum absolute atomic E-state index is 0.184. The van der Waals surface area contributed by atoms with E-state index in [0.717, 1.165) is 0 Å². The standard InChI is InChI=1S/C17H17NO/c1-13-15(11-12-19)16-9-5-6-10-17(16)18(13)14-7-3-2-4-8-14/h2-10,19H,11-12H2,1H3. The highest BCUT2D eigenvalue weighted by atomic mass is 16.2. The first-order valence-corrected chi connectivity index (χ1v) is 6.58. The number of rotatable bonds is 3. The molecule has 0 aliphatic carbocycles. The van der Waals surface area contributed by atoms with E-state index in [-0.39, 0.29) is 6.61 Å². The van der Waals surface area contributed by atoms with Crippen LogP contribution in [0.25, 0.3) is 16.6 Å². The summed E-state index contributed by atoms with van der Waals surface area (Å²) in [6.07, 6.45) is 0.701. The second kappa shape index (κ2) is 4.90. The normalized spacial score (nSPS) is 11.1. The lowest BCUT2D eigenvalue weighted by molar-refractivity contribution is 0.299. The summed E-state index contributed by atoms with van der Waals surface area (Å²) in [5, 5.41) is 10.5. The summed E-state index contributed by atoms with van der Waals surface area (Å²) < 4.78 is 2.26. The second-order valence-electron chi connectivity index (χ2n) is 4.73. The van der Waals surface area contributed by atoms with Gasteiger partial charge in [-0.25, -0.2) is 0 Å². The first-order valence-electron chi connectivity index (χ1n) is 6.58. The summed E-state index contributed by atoms with van der Waals surface area (Å²) in [7, 11) is 0. The lowest BCUT2D eigenvalue weighted by Crippen LogP contribution is -1.98. The van der Waals surface area contributed by atoms with Gasteiger partial charge in [-0.3, -0.25) is 0 Å². The van der Waals surface area contributed by atoms with Crippen LogP contribution in [0, 0.1) is 6.92 Å². The van der Waals surface area contributed by atoms with Crippen LogP contribution in [-0.4, -0.2) is 16.3 Å². The fourth-order valence-electron chi connectivity index (χ4n) is 2.77. The summed E-state index contributed by atoms with van der Waals surface area (Å²) in [6, 6.07) is 18.7. The molecule has 2 aromatic carbocycles. The summed E-state index contributed by atoms with van der Waals surface area (Å²) >= 11 is 0. The smallest absolute Gasteiger partial charge is 0.0534 e. The molecule has 2 nitrogen and oxygen atoms in total. The van der Waals surface area contributed by atoms with E-state index in [4.69, 9.17) is 0 Å². The Morgan fingerprint density at radius 2 is 1.63 bits per heavy atom. The van der Waals surface area contributed by atoms with Crippen LogP contribution in [0.1, 0.15) is 11.3 Å². The molecule has 0 amide bonds. The summed E-state index contributed by atoms with van der Waals surface area (Å²) in [5.74, 6) is 0. The predicted molar refractivity (Wildman–Crippen MR) is 78.8 cm³/mol. The molecule has 0 aliphatic heterocycles. The van der Waals surface area contributed by atoms with Gasteiger partial charge in [-0.1, -0.05) is 36.4 Å². The van der Waals surface area contributed by atoms with Crippen molar-refractivity contribution < 1.29 is 5.11 Å². The largest absolute Gasteiger partial charge is 0.396 e. The van der Waals surface area contributed by atoms with Crippen LogP contribution >= 0.6 is 0 Å². The maximum absolute atomic E-state index is 9.27. The van der Waals surface area contributed by atoms with Crippen molar-refractivity contribution in [3.63, 3.8) is 0 Å². The fraction of sp³-hybridized carbons (Fsp3) is 0.176. The molecule has 2 heteroatoms. The number of aliphatic hydroxyl groups excluding tert-OH is 1. The third-order valence-corrected chi connectivity index (χ3v) is 3.62. The topological polar surface area (TPSA) is 25.2 Å². The molecule has 19 heavy (non-hydrogen) atoms. The van der Waals surface area contributed by atoms with E-state index in [1.165, 1.54) is 27.8 Å². The van der Waals surface area contributed by atoms with Gasteiger partial charge in [0.05, 0.1) is 5.52 Å². The number of aliphatic hydroxyl groups is 1. The Hall–Kier alpha value is -2.06. The first-order chi connectivity index (χ1) is 9.33. The molecule has 0 unspecified atom stereocenters. The molecule has 0 fully saturated rings. The zero-order chi connectivity index (χ0) is 13.2. The van der Waals surface area contributed by atoms with Crippen molar-refractivity contribution in [1.29, 1.82) is 0 Å². The summed E-state index contributed by atoms with van der Waals surface area (Å²) in [4.78, 5) is 0. The van der Waals surface area contributed by atoms with Crippen LogP contribution in [0.5, 0.6) is 0 Å². The molecule has 1 N–H and O–H groups in total. The van der Waals surface area contributed by atoms with Crippen molar-refractivity contribution in [2.75, 3.05) is 6.61 Å². The van der Waals surface area contributed by atoms with Crippen LogP contribution in [-0.2, 0) is 6.42 Å². The first kappa shape index (κ1) is 12.0. The maximum Gasteiger partial charge on any atom is 0.0534 e. The van der Waals surface area contributed by atoms with Gasteiger partial charge >= 0.3 is 0 Å². The quantitative estimate of drug-likeness (QED) is 0.757. The molecule has 3 rings (SSSR count). The number of nitrogens with zero attached hydrogens (tertiary/aromatic N) is 1. The van der Waals surface area contributed by atoms with Gasteiger partial charge in [-0.2, -0.15) is 0 Å². The van der Waals surface area contributed by atoms with Crippen molar-refractivity contribution >= 4 is 10.9 Å². The highest BCUT2D eigenvalue weighted by molar-refractivity contribution is 5.87. The third-order valence-electron chi connectivity index (χ3n) is 3.62. The van der Waals surface area contributed by atoms with E-state index in [9.17, 15) is 5.11 Å².